The van der Waals surface area contributed by atoms with Gasteiger partial charge in [-0.25, -0.2) is 0 Å². The van der Waals surface area contributed by atoms with Gasteiger partial charge in [-0.05, 0) is 33.3 Å². The quantitative estimate of drug-likeness (QED) is 0.923. The number of fused-ring (bicyclic) bond motifs is 1. The lowest BCUT2D eigenvalue weighted by molar-refractivity contribution is -0.172. The summed E-state index contributed by atoms with van der Waals surface area (Å²) in [4.78, 5) is 27.5. The predicted octanol–water partition coefficient (Wildman–Crippen LogP) is 2.40. The lowest BCUT2D eigenvalue weighted by Crippen LogP contribution is -2.55. The lowest BCUT2D eigenvalue weighted by Gasteiger charge is -2.39. The maximum Gasteiger partial charge on any atom is 0.264 e. The molecule has 1 saturated heterocycles. The van der Waals surface area contributed by atoms with Crippen molar-refractivity contribution in [3.8, 4) is 0 Å². The number of para-hydroxylation sites is 1. The van der Waals surface area contributed by atoms with E-state index in [4.69, 9.17) is 4.74 Å². The van der Waals surface area contributed by atoms with Crippen LogP contribution >= 0.6 is 0 Å². The highest BCUT2D eigenvalue weighted by molar-refractivity contribution is 6.10. The van der Waals surface area contributed by atoms with E-state index in [0.717, 1.165) is 6.42 Å². The zero-order valence-electron chi connectivity index (χ0n) is 14.7. The zero-order chi connectivity index (χ0) is 17.7. The van der Waals surface area contributed by atoms with Gasteiger partial charge in [-0.2, -0.15) is 0 Å². The molecule has 3 rings (SSSR count). The Labute approximate surface area is 142 Å². The fourth-order valence-electron chi connectivity index (χ4n) is 3.72. The normalized spacial score (nSPS) is 30.4. The van der Waals surface area contributed by atoms with Gasteiger partial charge >= 0.3 is 0 Å². The Hall–Kier alpha value is -1.72. The molecular formula is C19H25NO4. The first-order chi connectivity index (χ1) is 11.2. The van der Waals surface area contributed by atoms with Gasteiger partial charge in [0.15, 0.2) is 5.60 Å². The van der Waals surface area contributed by atoms with E-state index in [9.17, 15) is 14.7 Å². The second-order valence-electron chi connectivity index (χ2n) is 7.48. The third kappa shape index (κ3) is 2.38. The Morgan fingerprint density at radius 2 is 2.00 bits per heavy atom. The summed E-state index contributed by atoms with van der Waals surface area (Å²) in [5.41, 5.74) is -1.19. The number of anilines is 1. The average molecular weight is 331 g/mol. The summed E-state index contributed by atoms with van der Waals surface area (Å²) < 4.78 is 5.76. The molecule has 130 valence electrons. The minimum absolute atomic E-state index is 0.0521. The minimum atomic E-state index is -1.84. The molecule has 1 fully saturated rings. The number of rotatable bonds is 3. The summed E-state index contributed by atoms with van der Waals surface area (Å²) in [6.45, 7) is 7.69. The van der Waals surface area contributed by atoms with E-state index in [1.807, 2.05) is 39.8 Å². The minimum Gasteiger partial charge on any atom is -0.375 e. The molecule has 5 nitrogen and oxygen atoms in total. The Morgan fingerprint density at radius 3 is 2.62 bits per heavy atom. The van der Waals surface area contributed by atoms with Gasteiger partial charge in [0, 0.05) is 18.0 Å². The van der Waals surface area contributed by atoms with Crippen LogP contribution in [0.2, 0.25) is 0 Å². The standard InChI is InChI=1S/C19H25NO4/c1-5-12(2)20-15-9-7-6-8-13(15)19(23,17(20)22)14-11-24-18(3,4)10-16(14)21/h6-9,12,14,23H,5,10-11H2,1-4H3/t12-,14+,19+/m1/s1. The molecule has 2 aliphatic rings. The number of carbonyl (C=O) groups is 2. The molecule has 0 aromatic heterocycles. The van der Waals surface area contributed by atoms with Crippen molar-refractivity contribution in [1.82, 2.24) is 0 Å². The fraction of sp³-hybridized carbons (Fsp3) is 0.579. The van der Waals surface area contributed by atoms with Crippen LogP contribution in [0.25, 0.3) is 0 Å². The third-order valence-electron chi connectivity index (χ3n) is 5.28. The summed E-state index contributed by atoms with van der Waals surface area (Å²) in [5, 5.41) is 11.4. The number of aliphatic hydroxyl groups is 1. The van der Waals surface area contributed by atoms with Crippen molar-refractivity contribution < 1.29 is 19.4 Å². The maximum atomic E-state index is 13.2. The lowest BCUT2D eigenvalue weighted by atomic mass is 9.76. The number of amides is 1. The van der Waals surface area contributed by atoms with E-state index in [1.165, 1.54) is 0 Å². The van der Waals surface area contributed by atoms with Crippen LogP contribution < -0.4 is 4.90 Å². The number of ether oxygens (including phenoxy) is 1. The van der Waals surface area contributed by atoms with Gasteiger partial charge in [0.2, 0.25) is 0 Å². The van der Waals surface area contributed by atoms with Crippen LogP contribution in [0, 0.1) is 5.92 Å². The van der Waals surface area contributed by atoms with Crippen LogP contribution in [0.3, 0.4) is 0 Å². The molecule has 0 saturated carbocycles. The number of ketones is 1. The van der Waals surface area contributed by atoms with Crippen molar-refractivity contribution in [3.05, 3.63) is 29.8 Å². The molecule has 1 amide bonds. The Bertz CT molecular complexity index is 684. The number of Topliss-reactive ketones (excluding diaryl/α,β-unsaturated/α-hetero) is 1. The van der Waals surface area contributed by atoms with Gasteiger partial charge in [-0.3, -0.25) is 9.59 Å². The first kappa shape index (κ1) is 17.1. The summed E-state index contributed by atoms with van der Waals surface area (Å²) in [6, 6.07) is 7.15. The Balaban J connectivity index is 2.07. The van der Waals surface area contributed by atoms with Crippen LogP contribution in [-0.4, -0.2) is 35.0 Å². The van der Waals surface area contributed by atoms with Crippen LogP contribution in [0.15, 0.2) is 24.3 Å². The van der Waals surface area contributed by atoms with Crippen molar-refractivity contribution >= 4 is 17.4 Å². The second kappa shape index (κ2) is 5.67. The Morgan fingerprint density at radius 1 is 1.33 bits per heavy atom. The molecule has 1 aromatic rings. The van der Waals surface area contributed by atoms with Gasteiger partial charge in [0.1, 0.15) is 5.78 Å². The van der Waals surface area contributed by atoms with E-state index in [-0.39, 0.29) is 24.9 Å². The molecule has 0 spiro atoms. The van der Waals surface area contributed by atoms with Crippen molar-refractivity contribution in [1.29, 1.82) is 0 Å². The van der Waals surface area contributed by atoms with Crippen LogP contribution in [0.5, 0.6) is 0 Å². The summed E-state index contributed by atoms with van der Waals surface area (Å²) >= 11 is 0. The summed E-state index contributed by atoms with van der Waals surface area (Å²) in [6.07, 6.45) is 0.955. The zero-order valence-corrected chi connectivity index (χ0v) is 14.7. The topological polar surface area (TPSA) is 66.8 Å². The van der Waals surface area contributed by atoms with Crippen LogP contribution in [0.1, 0.15) is 46.1 Å². The molecule has 1 N–H and O–H groups in total. The molecule has 5 heteroatoms. The molecule has 3 atom stereocenters. The van der Waals surface area contributed by atoms with Crippen molar-refractivity contribution in [2.45, 2.75) is 57.8 Å². The van der Waals surface area contributed by atoms with E-state index < -0.39 is 23.0 Å². The number of hydrogen-bond donors (Lipinski definition) is 1. The Kier molecular flexibility index (Phi) is 4.04. The number of hydrogen-bond acceptors (Lipinski definition) is 4. The molecule has 0 radical (unpaired) electrons. The molecule has 0 unspecified atom stereocenters. The van der Waals surface area contributed by atoms with Crippen LogP contribution in [0.4, 0.5) is 5.69 Å². The SMILES string of the molecule is CC[C@@H](C)N1C(=O)[C@@](O)([C@H]2COC(C)(C)CC2=O)c2ccccc21. The monoisotopic (exact) mass is 331 g/mol. The van der Waals surface area contributed by atoms with Gasteiger partial charge in [0.25, 0.3) is 5.91 Å². The fourth-order valence-corrected chi connectivity index (χ4v) is 3.72. The molecular weight excluding hydrogens is 306 g/mol. The molecule has 0 aliphatic carbocycles. The van der Waals surface area contributed by atoms with E-state index in [2.05, 4.69) is 0 Å². The third-order valence-corrected chi connectivity index (χ3v) is 5.28. The first-order valence-electron chi connectivity index (χ1n) is 8.54. The van der Waals surface area contributed by atoms with Crippen molar-refractivity contribution in [3.63, 3.8) is 0 Å². The van der Waals surface area contributed by atoms with Gasteiger partial charge in [-0.15, -0.1) is 0 Å². The van der Waals surface area contributed by atoms with E-state index >= 15 is 0 Å². The molecule has 2 aliphatic heterocycles. The summed E-state index contributed by atoms with van der Waals surface area (Å²) in [5.74, 6) is -1.41. The van der Waals surface area contributed by atoms with Crippen molar-refractivity contribution in [2.75, 3.05) is 11.5 Å². The highest BCUT2D eigenvalue weighted by Gasteiger charge is 2.59. The largest absolute Gasteiger partial charge is 0.375 e. The molecule has 1 aromatic carbocycles. The van der Waals surface area contributed by atoms with Gasteiger partial charge < -0.3 is 14.7 Å². The maximum absolute atomic E-state index is 13.2. The predicted molar refractivity (Wildman–Crippen MR) is 90.7 cm³/mol. The van der Waals surface area contributed by atoms with E-state index in [1.54, 1.807) is 17.0 Å². The van der Waals surface area contributed by atoms with Gasteiger partial charge in [-0.1, -0.05) is 25.1 Å². The summed E-state index contributed by atoms with van der Waals surface area (Å²) in [7, 11) is 0. The van der Waals surface area contributed by atoms with Gasteiger partial charge in [0.05, 0.1) is 23.8 Å². The average Bonchev–Trinajstić information content (AvgIpc) is 2.75. The number of benzene rings is 1. The highest BCUT2D eigenvalue weighted by Crippen LogP contribution is 2.48. The molecule has 24 heavy (non-hydrogen) atoms. The number of nitrogens with zero attached hydrogens (tertiary/aromatic N) is 1. The number of carbonyl (C=O) groups excluding carboxylic acids is 2. The smallest absolute Gasteiger partial charge is 0.264 e. The highest BCUT2D eigenvalue weighted by atomic mass is 16.5. The van der Waals surface area contributed by atoms with Crippen LogP contribution in [-0.2, 0) is 19.9 Å². The molecule has 2 heterocycles. The first-order valence-corrected chi connectivity index (χ1v) is 8.54. The van der Waals surface area contributed by atoms with Crippen molar-refractivity contribution in [2.24, 2.45) is 5.92 Å². The second-order valence-corrected chi connectivity index (χ2v) is 7.48. The van der Waals surface area contributed by atoms with E-state index in [0.29, 0.717) is 11.3 Å². The molecule has 0 bridgehead atoms.